The van der Waals surface area contributed by atoms with E-state index in [1.54, 1.807) is 0 Å². The largest absolute Gasteiger partial charge is 0.388 e. The third kappa shape index (κ3) is 3.39. The summed E-state index contributed by atoms with van der Waals surface area (Å²) in [5.41, 5.74) is 0. The molecule has 0 radical (unpaired) electrons. The van der Waals surface area contributed by atoms with E-state index < -0.39 is 30.6 Å². The maximum absolute atomic E-state index is 11.2. The molecule has 0 aromatic carbocycles. The summed E-state index contributed by atoms with van der Waals surface area (Å²) in [5, 5.41) is 12.8. The van der Waals surface area contributed by atoms with Crippen LogP contribution < -0.4 is 5.32 Å². The van der Waals surface area contributed by atoms with Gasteiger partial charge in [-0.05, 0) is 0 Å². The summed E-state index contributed by atoms with van der Waals surface area (Å²) in [4.78, 5) is 11.2. The van der Waals surface area contributed by atoms with Crippen molar-refractivity contribution >= 4 is 5.91 Å². The number of rotatable bonds is 5. The first kappa shape index (κ1) is 15.3. The summed E-state index contributed by atoms with van der Waals surface area (Å²) < 4.78 is 20.9. The van der Waals surface area contributed by atoms with E-state index in [9.17, 15) is 9.90 Å². The van der Waals surface area contributed by atoms with Crippen LogP contribution in [0.15, 0.2) is 0 Å². The number of methoxy groups -OCH3 is 3. The van der Waals surface area contributed by atoms with Crippen LogP contribution in [0.3, 0.4) is 0 Å². The summed E-state index contributed by atoms with van der Waals surface area (Å²) in [6.45, 7) is 1.60. The van der Waals surface area contributed by atoms with Crippen LogP contribution in [-0.2, 0) is 23.7 Å². The van der Waals surface area contributed by atoms with Crippen molar-refractivity contribution < 1.29 is 28.8 Å². The van der Waals surface area contributed by atoms with Gasteiger partial charge in [-0.2, -0.15) is 0 Å². The van der Waals surface area contributed by atoms with Gasteiger partial charge in [-0.1, -0.05) is 0 Å². The number of aliphatic hydroxyl groups is 1. The second-order valence-electron chi connectivity index (χ2n) is 4.15. The smallest absolute Gasteiger partial charge is 0.217 e. The monoisotopic (exact) mass is 263 g/mol. The SMILES string of the molecule is COC[C@@H]1O[C@H](OC)[C@H](NC(C)=O)[C@@H](OC)[C@H]1O. The molecule has 7 heteroatoms. The normalized spacial score (nSPS) is 36.4. The summed E-state index contributed by atoms with van der Waals surface area (Å²) in [6, 6.07) is -0.569. The lowest BCUT2D eigenvalue weighted by Crippen LogP contribution is -2.65. The molecule has 106 valence electrons. The van der Waals surface area contributed by atoms with E-state index in [0.717, 1.165) is 0 Å². The number of ether oxygens (including phenoxy) is 4. The Kier molecular flexibility index (Phi) is 5.97. The fourth-order valence-corrected chi connectivity index (χ4v) is 2.09. The first-order valence-corrected chi connectivity index (χ1v) is 5.70. The molecule has 0 bridgehead atoms. The molecule has 1 rings (SSSR count). The molecule has 1 fully saturated rings. The van der Waals surface area contributed by atoms with Crippen molar-refractivity contribution in [2.75, 3.05) is 27.9 Å². The van der Waals surface area contributed by atoms with Gasteiger partial charge in [-0.15, -0.1) is 0 Å². The molecule has 0 saturated carbocycles. The number of hydrogen-bond acceptors (Lipinski definition) is 6. The Labute approximate surface area is 106 Å². The van der Waals surface area contributed by atoms with Gasteiger partial charge in [0, 0.05) is 28.3 Å². The molecule has 0 spiro atoms. The van der Waals surface area contributed by atoms with Gasteiger partial charge < -0.3 is 29.4 Å². The number of amides is 1. The average molecular weight is 263 g/mol. The number of carbonyl (C=O) groups excluding carboxylic acids is 1. The van der Waals surface area contributed by atoms with E-state index in [-0.39, 0.29) is 12.5 Å². The highest BCUT2D eigenvalue weighted by atomic mass is 16.7. The first-order chi connectivity index (χ1) is 8.54. The van der Waals surface area contributed by atoms with Gasteiger partial charge in [-0.3, -0.25) is 4.79 Å². The minimum Gasteiger partial charge on any atom is -0.388 e. The van der Waals surface area contributed by atoms with Crippen LogP contribution in [0.25, 0.3) is 0 Å². The van der Waals surface area contributed by atoms with E-state index in [4.69, 9.17) is 18.9 Å². The van der Waals surface area contributed by atoms with Crippen molar-refractivity contribution in [2.24, 2.45) is 0 Å². The van der Waals surface area contributed by atoms with Crippen LogP contribution in [0.4, 0.5) is 0 Å². The number of carbonyl (C=O) groups is 1. The molecule has 0 aromatic rings. The highest BCUT2D eigenvalue weighted by molar-refractivity contribution is 5.73. The maximum atomic E-state index is 11.2. The lowest BCUT2D eigenvalue weighted by Gasteiger charge is -2.43. The molecule has 0 aromatic heterocycles. The highest BCUT2D eigenvalue weighted by Gasteiger charge is 2.46. The Balaban J connectivity index is 2.84. The van der Waals surface area contributed by atoms with Gasteiger partial charge in [0.05, 0.1) is 6.61 Å². The van der Waals surface area contributed by atoms with Crippen LogP contribution in [-0.4, -0.2) is 69.6 Å². The lowest BCUT2D eigenvalue weighted by molar-refractivity contribution is -0.267. The molecule has 1 aliphatic rings. The van der Waals surface area contributed by atoms with Crippen molar-refractivity contribution in [3.63, 3.8) is 0 Å². The number of nitrogens with one attached hydrogen (secondary N) is 1. The topological polar surface area (TPSA) is 86.2 Å². The van der Waals surface area contributed by atoms with Gasteiger partial charge in [0.1, 0.15) is 24.4 Å². The van der Waals surface area contributed by atoms with Crippen molar-refractivity contribution in [2.45, 2.75) is 37.6 Å². The zero-order valence-corrected chi connectivity index (χ0v) is 11.1. The predicted molar refractivity (Wildman–Crippen MR) is 62.0 cm³/mol. The van der Waals surface area contributed by atoms with E-state index in [1.165, 1.54) is 28.3 Å². The molecular formula is C11H21NO6. The van der Waals surface area contributed by atoms with Crippen molar-refractivity contribution in [1.29, 1.82) is 0 Å². The quantitative estimate of drug-likeness (QED) is 0.654. The van der Waals surface area contributed by atoms with Gasteiger partial charge in [0.2, 0.25) is 5.91 Å². The molecule has 0 aliphatic carbocycles. The first-order valence-electron chi connectivity index (χ1n) is 5.70. The summed E-state index contributed by atoms with van der Waals surface area (Å²) >= 11 is 0. The Hall–Kier alpha value is -0.730. The third-order valence-electron chi connectivity index (χ3n) is 2.88. The summed E-state index contributed by atoms with van der Waals surface area (Å²) in [7, 11) is 4.44. The van der Waals surface area contributed by atoms with E-state index in [2.05, 4.69) is 5.32 Å². The van der Waals surface area contributed by atoms with E-state index >= 15 is 0 Å². The second kappa shape index (κ2) is 7.01. The molecule has 0 unspecified atom stereocenters. The fourth-order valence-electron chi connectivity index (χ4n) is 2.09. The van der Waals surface area contributed by atoms with Crippen molar-refractivity contribution in [3.05, 3.63) is 0 Å². The Morgan fingerprint density at radius 3 is 2.44 bits per heavy atom. The predicted octanol–water partition coefficient (Wildman–Crippen LogP) is -1.12. The highest BCUT2D eigenvalue weighted by Crippen LogP contribution is 2.24. The standard InChI is InChI=1S/C11H21NO6/c1-6(13)12-8-10(16-3)9(14)7(5-15-2)18-11(8)17-4/h7-11,14H,5H2,1-4H3,(H,12,13)/t7-,8+,9-,10+,11-/m0/s1. The second-order valence-corrected chi connectivity index (χ2v) is 4.15. The lowest BCUT2D eigenvalue weighted by atomic mass is 9.96. The fraction of sp³-hybridized carbons (Fsp3) is 0.909. The number of hydrogen-bond donors (Lipinski definition) is 2. The molecule has 1 amide bonds. The average Bonchev–Trinajstić information content (AvgIpc) is 2.32. The van der Waals surface area contributed by atoms with Crippen LogP contribution in [0, 0.1) is 0 Å². The molecule has 5 atom stereocenters. The van der Waals surface area contributed by atoms with Crippen molar-refractivity contribution in [3.8, 4) is 0 Å². The Bertz CT molecular complexity index is 274. The maximum Gasteiger partial charge on any atom is 0.217 e. The third-order valence-corrected chi connectivity index (χ3v) is 2.88. The van der Waals surface area contributed by atoms with Gasteiger partial charge >= 0.3 is 0 Å². The molecular weight excluding hydrogens is 242 g/mol. The molecule has 1 aliphatic heterocycles. The Morgan fingerprint density at radius 1 is 1.33 bits per heavy atom. The van der Waals surface area contributed by atoms with E-state index in [1.807, 2.05) is 0 Å². The van der Waals surface area contributed by atoms with Crippen LogP contribution >= 0.6 is 0 Å². The van der Waals surface area contributed by atoms with Crippen LogP contribution in [0.5, 0.6) is 0 Å². The minimum absolute atomic E-state index is 0.216. The Morgan fingerprint density at radius 2 is 2.00 bits per heavy atom. The van der Waals surface area contributed by atoms with Crippen LogP contribution in [0.2, 0.25) is 0 Å². The van der Waals surface area contributed by atoms with Crippen molar-refractivity contribution in [1.82, 2.24) is 5.32 Å². The minimum atomic E-state index is -0.904. The molecule has 18 heavy (non-hydrogen) atoms. The summed E-state index contributed by atoms with van der Waals surface area (Å²) in [6.07, 6.45) is -2.77. The summed E-state index contributed by atoms with van der Waals surface area (Å²) in [5.74, 6) is -0.245. The van der Waals surface area contributed by atoms with E-state index in [0.29, 0.717) is 0 Å². The van der Waals surface area contributed by atoms with Gasteiger partial charge in [0.25, 0.3) is 0 Å². The van der Waals surface area contributed by atoms with Gasteiger partial charge in [0.15, 0.2) is 6.29 Å². The zero-order chi connectivity index (χ0) is 13.7. The van der Waals surface area contributed by atoms with Crippen LogP contribution in [0.1, 0.15) is 6.92 Å². The zero-order valence-electron chi connectivity index (χ0n) is 11.1. The molecule has 2 N–H and O–H groups in total. The molecule has 7 nitrogen and oxygen atoms in total. The number of aliphatic hydroxyl groups excluding tert-OH is 1. The molecule has 1 saturated heterocycles. The van der Waals surface area contributed by atoms with Gasteiger partial charge in [-0.25, -0.2) is 0 Å². The molecule has 1 heterocycles.